The van der Waals surface area contributed by atoms with Gasteiger partial charge in [-0.3, -0.25) is 0 Å². The number of nitrogens with zero attached hydrogens (tertiary/aromatic N) is 2. The monoisotopic (exact) mass is 334 g/mol. The van der Waals surface area contributed by atoms with Crippen molar-refractivity contribution in [2.45, 2.75) is 26.8 Å². The summed E-state index contributed by atoms with van der Waals surface area (Å²) in [6.07, 6.45) is 1.81. The predicted molar refractivity (Wildman–Crippen MR) is 100 cm³/mol. The van der Waals surface area contributed by atoms with Crippen molar-refractivity contribution in [2.75, 3.05) is 5.32 Å². The molecule has 0 saturated carbocycles. The van der Waals surface area contributed by atoms with E-state index in [0.717, 1.165) is 28.2 Å². The largest absolute Gasteiger partial charge is 0.331 e. The molecule has 1 heterocycles. The molecule has 0 saturated heterocycles. The number of para-hydroxylation sites is 2. The van der Waals surface area contributed by atoms with Crippen LogP contribution < -0.4 is 10.6 Å². The van der Waals surface area contributed by atoms with Gasteiger partial charge in [-0.15, -0.1) is 0 Å². The van der Waals surface area contributed by atoms with Crippen LogP contribution in [-0.4, -0.2) is 15.8 Å². The van der Waals surface area contributed by atoms with Crippen LogP contribution >= 0.6 is 0 Å². The SMILES string of the molecule is Cc1ccccc1-n1ncc(C(C)NC(=O)Nc2ccccc2)c1C. The molecule has 128 valence electrons. The van der Waals surface area contributed by atoms with Crippen LogP contribution in [0, 0.1) is 13.8 Å². The van der Waals surface area contributed by atoms with Gasteiger partial charge in [0.05, 0.1) is 17.9 Å². The van der Waals surface area contributed by atoms with Crippen LogP contribution in [0.1, 0.15) is 29.8 Å². The van der Waals surface area contributed by atoms with Crippen LogP contribution in [0.3, 0.4) is 0 Å². The fraction of sp³-hybridized carbons (Fsp3) is 0.200. The van der Waals surface area contributed by atoms with Crippen molar-refractivity contribution < 1.29 is 4.79 Å². The zero-order valence-electron chi connectivity index (χ0n) is 14.7. The Morgan fingerprint density at radius 3 is 2.44 bits per heavy atom. The molecule has 0 aliphatic rings. The molecule has 0 spiro atoms. The van der Waals surface area contributed by atoms with E-state index in [9.17, 15) is 4.79 Å². The first-order valence-electron chi connectivity index (χ1n) is 8.29. The maximum atomic E-state index is 12.2. The van der Waals surface area contributed by atoms with Gasteiger partial charge >= 0.3 is 6.03 Å². The number of benzene rings is 2. The molecule has 2 N–H and O–H groups in total. The van der Waals surface area contributed by atoms with Crippen LogP contribution in [0.5, 0.6) is 0 Å². The van der Waals surface area contributed by atoms with Gasteiger partial charge < -0.3 is 10.6 Å². The second-order valence-corrected chi connectivity index (χ2v) is 6.07. The van der Waals surface area contributed by atoms with E-state index in [0.29, 0.717) is 0 Å². The van der Waals surface area contributed by atoms with E-state index < -0.39 is 0 Å². The smallest absolute Gasteiger partial charge is 0.319 e. The lowest BCUT2D eigenvalue weighted by Gasteiger charge is -2.15. The first kappa shape index (κ1) is 16.8. The Kier molecular flexibility index (Phi) is 4.84. The molecular formula is C20H22N4O. The third-order valence-corrected chi connectivity index (χ3v) is 4.24. The normalized spacial score (nSPS) is 11.8. The highest BCUT2D eigenvalue weighted by Crippen LogP contribution is 2.22. The van der Waals surface area contributed by atoms with Gasteiger partial charge in [0.25, 0.3) is 0 Å². The van der Waals surface area contributed by atoms with Crippen LogP contribution in [0.15, 0.2) is 60.8 Å². The summed E-state index contributed by atoms with van der Waals surface area (Å²) in [6.45, 7) is 6.03. The number of amides is 2. The molecule has 0 radical (unpaired) electrons. The molecule has 1 unspecified atom stereocenters. The number of aromatic nitrogens is 2. The number of carbonyl (C=O) groups is 1. The summed E-state index contributed by atoms with van der Waals surface area (Å²) in [7, 11) is 0. The van der Waals surface area contributed by atoms with E-state index in [1.807, 2.05) is 73.3 Å². The van der Waals surface area contributed by atoms with E-state index in [1.54, 1.807) is 0 Å². The van der Waals surface area contributed by atoms with Crippen LogP contribution in [0.4, 0.5) is 10.5 Å². The number of anilines is 1. The lowest BCUT2D eigenvalue weighted by molar-refractivity contribution is 0.249. The van der Waals surface area contributed by atoms with Crippen molar-refractivity contribution in [3.05, 3.63) is 77.6 Å². The molecule has 0 fully saturated rings. The molecule has 5 nitrogen and oxygen atoms in total. The van der Waals surface area contributed by atoms with Gasteiger partial charge in [0, 0.05) is 16.9 Å². The first-order chi connectivity index (χ1) is 12.1. The zero-order valence-corrected chi connectivity index (χ0v) is 14.7. The first-order valence-corrected chi connectivity index (χ1v) is 8.29. The van der Waals surface area contributed by atoms with Crippen molar-refractivity contribution in [1.82, 2.24) is 15.1 Å². The Balaban J connectivity index is 1.74. The van der Waals surface area contributed by atoms with Gasteiger partial charge in [0.2, 0.25) is 0 Å². The highest BCUT2D eigenvalue weighted by Gasteiger charge is 2.17. The number of aryl methyl sites for hydroxylation is 1. The Bertz CT molecular complexity index is 870. The van der Waals surface area contributed by atoms with Gasteiger partial charge in [-0.05, 0) is 44.5 Å². The number of rotatable bonds is 4. The third-order valence-electron chi connectivity index (χ3n) is 4.24. The summed E-state index contributed by atoms with van der Waals surface area (Å²) in [4.78, 5) is 12.2. The molecule has 0 bridgehead atoms. The van der Waals surface area contributed by atoms with E-state index in [-0.39, 0.29) is 12.1 Å². The molecule has 3 rings (SSSR count). The average molecular weight is 334 g/mol. The average Bonchev–Trinajstić information content (AvgIpc) is 2.97. The maximum Gasteiger partial charge on any atom is 0.319 e. The van der Waals surface area contributed by atoms with E-state index >= 15 is 0 Å². The minimum absolute atomic E-state index is 0.151. The maximum absolute atomic E-state index is 12.2. The molecule has 0 aliphatic heterocycles. The molecule has 2 amide bonds. The molecule has 0 aliphatic carbocycles. The lowest BCUT2D eigenvalue weighted by Crippen LogP contribution is -2.31. The molecule has 1 atom stereocenters. The topological polar surface area (TPSA) is 59.0 Å². The van der Waals surface area contributed by atoms with Crippen molar-refractivity contribution in [3.8, 4) is 5.69 Å². The number of nitrogens with one attached hydrogen (secondary N) is 2. The second kappa shape index (κ2) is 7.21. The van der Waals surface area contributed by atoms with E-state index in [4.69, 9.17) is 0 Å². The van der Waals surface area contributed by atoms with E-state index in [2.05, 4.69) is 28.7 Å². The predicted octanol–water partition coefficient (Wildman–Crippen LogP) is 4.37. The van der Waals surface area contributed by atoms with Gasteiger partial charge in [0.15, 0.2) is 0 Å². The summed E-state index contributed by atoms with van der Waals surface area (Å²) in [6, 6.07) is 17.1. The summed E-state index contributed by atoms with van der Waals surface area (Å²) >= 11 is 0. The molecule has 2 aromatic carbocycles. The van der Waals surface area contributed by atoms with Crippen molar-refractivity contribution in [2.24, 2.45) is 0 Å². The minimum Gasteiger partial charge on any atom is -0.331 e. The number of urea groups is 1. The van der Waals surface area contributed by atoms with Crippen molar-refractivity contribution >= 4 is 11.7 Å². The minimum atomic E-state index is -0.234. The fourth-order valence-electron chi connectivity index (χ4n) is 2.85. The number of hydrogen-bond donors (Lipinski definition) is 2. The quantitative estimate of drug-likeness (QED) is 0.744. The Labute approximate surface area is 147 Å². The van der Waals surface area contributed by atoms with Crippen molar-refractivity contribution in [3.63, 3.8) is 0 Å². The highest BCUT2D eigenvalue weighted by molar-refractivity contribution is 5.89. The standard InChI is InChI=1S/C20H22N4O/c1-14-9-7-8-12-19(14)24-16(3)18(13-21-24)15(2)22-20(25)23-17-10-5-4-6-11-17/h4-13,15H,1-3H3,(H2,22,23,25). The number of carbonyl (C=O) groups excluding carboxylic acids is 1. The van der Waals surface area contributed by atoms with Gasteiger partial charge in [-0.25, -0.2) is 9.48 Å². The van der Waals surface area contributed by atoms with Crippen LogP contribution in [0.2, 0.25) is 0 Å². The molecule has 3 aromatic rings. The Hall–Kier alpha value is -3.08. The molecule has 25 heavy (non-hydrogen) atoms. The van der Waals surface area contributed by atoms with Crippen molar-refractivity contribution in [1.29, 1.82) is 0 Å². The summed E-state index contributed by atoms with van der Waals surface area (Å²) in [5.74, 6) is 0. The Morgan fingerprint density at radius 1 is 1.04 bits per heavy atom. The summed E-state index contributed by atoms with van der Waals surface area (Å²) < 4.78 is 1.91. The zero-order chi connectivity index (χ0) is 17.8. The summed E-state index contributed by atoms with van der Waals surface area (Å²) in [5.41, 5.74) is 4.97. The number of hydrogen-bond acceptors (Lipinski definition) is 2. The third kappa shape index (κ3) is 3.71. The fourth-order valence-corrected chi connectivity index (χ4v) is 2.85. The lowest BCUT2D eigenvalue weighted by atomic mass is 10.1. The van der Waals surface area contributed by atoms with Gasteiger partial charge in [-0.1, -0.05) is 36.4 Å². The van der Waals surface area contributed by atoms with Crippen LogP contribution in [-0.2, 0) is 0 Å². The van der Waals surface area contributed by atoms with Crippen LogP contribution in [0.25, 0.3) is 5.69 Å². The summed E-state index contributed by atoms with van der Waals surface area (Å²) in [5, 5.41) is 10.3. The molecule has 1 aromatic heterocycles. The molecular weight excluding hydrogens is 312 g/mol. The van der Waals surface area contributed by atoms with Gasteiger partial charge in [-0.2, -0.15) is 5.10 Å². The molecule has 5 heteroatoms. The second-order valence-electron chi connectivity index (χ2n) is 6.07. The Morgan fingerprint density at radius 2 is 1.72 bits per heavy atom. The highest BCUT2D eigenvalue weighted by atomic mass is 16.2. The van der Waals surface area contributed by atoms with E-state index in [1.165, 1.54) is 0 Å². The van der Waals surface area contributed by atoms with Gasteiger partial charge in [0.1, 0.15) is 0 Å².